The molecule has 0 amide bonds. The molecule has 3 heteroatoms. The van der Waals surface area contributed by atoms with Gasteiger partial charge in [-0.2, -0.15) is 0 Å². The Morgan fingerprint density at radius 3 is 2.92 bits per heavy atom. The third-order valence-electron chi connectivity index (χ3n) is 1.79. The van der Waals surface area contributed by atoms with Gasteiger partial charge in [-0.15, -0.1) is 0 Å². The predicted octanol–water partition coefficient (Wildman–Crippen LogP) is 1.72. The van der Waals surface area contributed by atoms with E-state index in [1.165, 1.54) is 0 Å². The van der Waals surface area contributed by atoms with E-state index in [0.29, 0.717) is 0 Å². The zero-order valence-electron chi connectivity index (χ0n) is 6.37. The molecule has 0 saturated heterocycles. The first-order valence-electron chi connectivity index (χ1n) is 3.59. The summed E-state index contributed by atoms with van der Waals surface area (Å²) < 4.78 is 5.16. The summed E-state index contributed by atoms with van der Waals surface area (Å²) in [5, 5.41) is 8.19. The second-order valence-corrected chi connectivity index (χ2v) is 2.55. The predicted molar refractivity (Wildman–Crippen MR) is 47.2 cm³/mol. The molecule has 12 heavy (non-hydrogen) atoms. The van der Waals surface area contributed by atoms with Gasteiger partial charge in [-0.05, 0) is 12.1 Å². The van der Waals surface area contributed by atoms with Crippen LogP contribution in [0.25, 0.3) is 11.0 Å². The highest BCUT2D eigenvalue weighted by molar-refractivity contribution is 6.06. The number of rotatable bonds is 1. The molecular formula is C9H8N2O. The van der Waals surface area contributed by atoms with E-state index in [1.807, 2.05) is 18.2 Å². The van der Waals surface area contributed by atoms with Crippen molar-refractivity contribution in [3.05, 3.63) is 36.1 Å². The fraction of sp³-hybridized carbons (Fsp3) is 0. The Kier molecular flexibility index (Phi) is 1.37. The lowest BCUT2D eigenvalue weighted by Crippen LogP contribution is -2.10. The maximum Gasteiger partial charge on any atom is 0.134 e. The van der Waals surface area contributed by atoms with Crippen LogP contribution in [0.5, 0.6) is 0 Å². The van der Waals surface area contributed by atoms with E-state index in [0.717, 1.165) is 16.5 Å². The van der Waals surface area contributed by atoms with Gasteiger partial charge in [-0.1, -0.05) is 12.1 Å². The summed E-state index contributed by atoms with van der Waals surface area (Å²) in [6.07, 6.45) is 1.59. The van der Waals surface area contributed by atoms with Crippen LogP contribution in [0, 0.1) is 5.41 Å². The summed E-state index contributed by atoms with van der Waals surface area (Å²) in [5.41, 5.74) is 6.87. The van der Waals surface area contributed by atoms with Crippen molar-refractivity contribution in [3.8, 4) is 0 Å². The van der Waals surface area contributed by atoms with Crippen LogP contribution in [0.2, 0.25) is 0 Å². The van der Waals surface area contributed by atoms with E-state index in [2.05, 4.69) is 0 Å². The lowest BCUT2D eigenvalue weighted by Gasteiger charge is -1.97. The Hall–Kier alpha value is -1.77. The first-order valence-corrected chi connectivity index (χ1v) is 3.59. The first-order chi connectivity index (χ1) is 5.79. The van der Waals surface area contributed by atoms with E-state index in [4.69, 9.17) is 15.6 Å². The summed E-state index contributed by atoms with van der Waals surface area (Å²) in [6, 6.07) is 7.29. The minimum Gasteiger partial charge on any atom is -0.464 e. The summed E-state index contributed by atoms with van der Waals surface area (Å²) in [5.74, 6) is 0.0713. The van der Waals surface area contributed by atoms with Gasteiger partial charge in [0.05, 0.1) is 6.26 Å². The van der Waals surface area contributed by atoms with Crippen molar-refractivity contribution in [1.29, 1.82) is 5.41 Å². The Balaban J connectivity index is 2.82. The maximum absolute atomic E-state index is 7.29. The number of fused-ring (bicyclic) bond motifs is 1. The molecular weight excluding hydrogens is 152 g/mol. The fourth-order valence-corrected chi connectivity index (χ4v) is 1.23. The van der Waals surface area contributed by atoms with Crippen molar-refractivity contribution in [2.75, 3.05) is 0 Å². The molecule has 60 valence electrons. The summed E-state index contributed by atoms with van der Waals surface area (Å²) in [7, 11) is 0. The number of benzene rings is 1. The normalized spacial score (nSPS) is 10.3. The molecule has 3 N–H and O–H groups in total. The van der Waals surface area contributed by atoms with Gasteiger partial charge in [0, 0.05) is 10.9 Å². The quantitative estimate of drug-likeness (QED) is 0.492. The monoisotopic (exact) mass is 160 g/mol. The lowest BCUT2D eigenvalue weighted by molar-refractivity contribution is 0.616. The first kappa shape index (κ1) is 6.91. The van der Waals surface area contributed by atoms with Gasteiger partial charge in [0.1, 0.15) is 11.4 Å². The van der Waals surface area contributed by atoms with Gasteiger partial charge in [0.15, 0.2) is 0 Å². The number of nitrogens with one attached hydrogen (secondary N) is 1. The standard InChI is InChI=1S/C9H8N2O/c10-9(11)7-2-1-3-8-6(7)4-5-12-8/h1-5H,(H3,10,11). The van der Waals surface area contributed by atoms with Crippen molar-refractivity contribution in [2.45, 2.75) is 0 Å². The Morgan fingerprint density at radius 2 is 2.17 bits per heavy atom. The van der Waals surface area contributed by atoms with Crippen LogP contribution in [-0.4, -0.2) is 5.84 Å². The number of nitrogen functional groups attached to an aromatic ring is 1. The Morgan fingerprint density at radius 1 is 1.33 bits per heavy atom. The molecule has 1 heterocycles. The molecule has 3 nitrogen and oxygen atoms in total. The Bertz CT molecular complexity index is 431. The average Bonchev–Trinajstić information content (AvgIpc) is 2.49. The van der Waals surface area contributed by atoms with Gasteiger partial charge in [0.2, 0.25) is 0 Å². The molecule has 0 fully saturated rings. The number of amidine groups is 1. The van der Waals surface area contributed by atoms with Gasteiger partial charge in [-0.3, -0.25) is 5.41 Å². The SMILES string of the molecule is N=C(N)c1cccc2occc12. The van der Waals surface area contributed by atoms with Gasteiger partial charge >= 0.3 is 0 Å². The van der Waals surface area contributed by atoms with Crippen molar-refractivity contribution in [2.24, 2.45) is 5.73 Å². The summed E-state index contributed by atoms with van der Waals surface area (Å²) in [6.45, 7) is 0. The molecule has 0 atom stereocenters. The minimum atomic E-state index is 0.0713. The number of hydrogen-bond donors (Lipinski definition) is 2. The molecule has 0 spiro atoms. The summed E-state index contributed by atoms with van der Waals surface area (Å²) in [4.78, 5) is 0. The second-order valence-electron chi connectivity index (χ2n) is 2.55. The minimum absolute atomic E-state index is 0.0713. The van der Waals surface area contributed by atoms with Gasteiger partial charge in [-0.25, -0.2) is 0 Å². The molecule has 1 aromatic heterocycles. The zero-order valence-corrected chi connectivity index (χ0v) is 6.37. The van der Waals surface area contributed by atoms with Crippen molar-refractivity contribution < 1.29 is 4.42 Å². The number of nitrogens with two attached hydrogens (primary N) is 1. The molecule has 1 aromatic carbocycles. The van der Waals surface area contributed by atoms with Crippen LogP contribution >= 0.6 is 0 Å². The zero-order chi connectivity index (χ0) is 8.55. The van der Waals surface area contributed by atoms with Crippen molar-refractivity contribution >= 4 is 16.8 Å². The van der Waals surface area contributed by atoms with Crippen molar-refractivity contribution in [1.82, 2.24) is 0 Å². The van der Waals surface area contributed by atoms with Crippen LogP contribution in [0.15, 0.2) is 34.9 Å². The number of furan rings is 1. The van der Waals surface area contributed by atoms with Crippen LogP contribution < -0.4 is 5.73 Å². The van der Waals surface area contributed by atoms with Crippen molar-refractivity contribution in [3.63, 3.8) is 0 Å². The van der Waals surface area contributed by atoms with Crippen LogP contribution in [0.1, 0.15) is 5.56 Å². The van der Waals surface area contributed by atoms with Crippen LogP contribution in [-0.2, 0) is 0 Å². The molecule has 2 aromatic rings. The topological polar surface area (TPSA) is 63.0 Å². The highest BCUT2D eigenvalue weighted by atomic mass is 16.3. The number of hydrogen-bond acceptors (Lipinski definition) is 2. The van der Waals surface area contributed by atoms with E-state index >= 15 is 0 Å². The molecule has 0 bridgehead atoms. The Labute approximate surface area is 69.3 Å². The lowest BCUT2D eigenvalue weighted by atomic mass is 10.1. The smallest absolute Gasteiger partial charge is 0.134 e. The maximum atomic E-state index is 7.29. The molecule has 0 saturated carbocycles. The average molecular weight is 160 g/mol. The molecule has 0 aliphatic carbocycles. The van der Waals surface area contributed by atoms with Crippen LogP contribution in [0.3, 0.4) is 0 Å². The van der Waals surface area contributed by atoms with Crippen LogP contribution in [0.4, 0.5) is 0 Å². The largest absolute Gasteiger partial charge is 0.464 e. The third-order valence-corrected chi connectivity index (χ3v) is 1.79. The summed E-state index contributed by atoms with van der Waals surface area (Å²) >= 11 is 0. The van der Waals surface area contributed by atoms with E-state index in [-0.39, 0.29) is 5.84 Å². The highest BCUT2D eigenvalue weighted by Crippen LogP contribution is 2.18. The molecule has 2 rings (SSSR count). The van der Waals surface area contributed by atoms with E-state index in [9.17, 15) is 0 Å². The molecule has 0 aliphatic heterocycles. The second kappa shape index (κ2) is 2.37. The molecule has 0 aliphatic rings. The van der Waals surface area contributed by atoms with E-state index in [1.54, 1.807) is 12.3 Å². The van der Waals surface area contributed by atoms with Gasteiger partial charge < -0.3 is 10.2 Å². The molecule has 0 unspecified atom stereocenters. The van der Waals surface area contributed by atoms with E-state index < -0.39 is 0 Å². The van der Waals surface area contributed by atoms with Gasteiger partial charge in [0.25, 0.3) is 0 Å². The highest BCUT2D eigenvalue weighted by Gasteiger charge is 2.03. The molecule has 0 radical (unpaired) electrons. The fourth-order valence-electron chi connectivity index (χ4n) is 1.23. The third kappa shape index (κ3) is 0.871.